The van der Waals surface area contributed by atoms with E-state index in [1.54, 1.807) is 23.0 Å². The number of hydrogen-bond acceptors (Lipinski definition) is 6. The van der Waals surface area contributed by atoms with E-state index in [0.717, 1.165) is 6.42 Å². The molecule has 1 aromatic carbocycles. The van der Waals surface area contributed by atoms with Gasteiger partial charge in [-0.15, -0.1) is 0 Å². The highest BCUT2D eigenvalue weighted by Gasteiger charge is 2.25. The molecule has 6 rings (SSSR count). The number of ether oxygens (including phenoxy) is 1. The van der Waals surface area contributed by atoms with E-state index in [1.165, 1.54) is 25.5 Å². The number of imidazole rings is 1. The lowest BCUT2D eigenvalue weighted by molar-refractivity contribution is -0.105. The molecule has 9 nitrogen and oxygen atoms in total. The summed E-state index contributed by atoms with van der Waals surface area (Å²) in [4.78, 5) is 19.2. The number of nitrogens with one attached hydrogen (secondary N) is 3. The fraction of sp³-hybridized carbons (Fsp3) is 0.333. The monoisotopic (exact) mass is 457 g/mol. The number of carbonyl (C=O) groups is 1. The number of fused-ring (bicyclic) bond motifs is 2. The van der Waals surface area contributed by atoms with Crippen molar-refractivity contribution in [2.24, 2.45) is 0 Å². The summed E-state index contributed by atoms with van der Waals surface area (Å²) in [5.74, 6) is -0.204. The SMILES string of the molecule is C1CC1.O=CNc1cn2cc(-c3c(Cl)c(F)c(NC4CCOC4)c4[nH]ncc34)ncc2n1. The minimum Gasteiger partial charge on any atom is -0.379 e. The molecule has 2 aliphatic rings. The summed E-state index contributed by atoms with van der Waals surface area (Å²) in [6.07, 6.45) is 12.2. The standard InChI is InChI=1S/C18H15ClFN7O2.C3H6/c19-15-14(11-5-27-6-12(22-8-28)25-13(27)4-21-11)10-3-23-26-17(10)18(16(15)20)24-9-1-2-29-7-9;1-2-3-1/h3-6,8-9,24H,1-2,7H2,(H,22,28)(H,23,26);1-3H2. The van der Waals surface area contributed by atoms with Crippen LogP contribution >= 0.6 is 11.6 Å². The fourth-order valence-electron chi connectivity index (χ4n) is 3.51. The van der Waals surface area contributed by atoms with Gasteiger partial charge in [0.1, 0.15) is 0 Å². The summed E-state index contributed by atoms with van der Waals surface area (Å²) in [6.45, 7) is 1.14. The molecule has 3 N–H and O–H groups in total. The summed E-state index contributed by atoms with van der Waals surface area (Å²) in [5, 5.41) is 13.2. The molecule has 1 saturated carbocycles. The fourth-order valence-corrected chi connectivity index (χ4v) is 3.80. The van der Waals surface area contributed by atoms with Gasteiger partial charge in [-0.25, -0.2) is 9.37 Å². The number of aromatic nitrogens is 5. The minimum absolute atomic E-state index is 0.00193. The Balaban J connectivity index is 0.000000666. The molecular formula is C21H21ClFN7O2. The third-order valence-corrected chi connectivity index (χ3v) is 5.58. The normalized spacial score (nSPS) is 17.2. The Morgan fingerprint density at radius 2 is 2.12 bits per heavy atom. The van der Waals surface area contributed by atoms with Crippen LogP contribution < -0.4 is 10.6 Å². The number of amides is 1. The zero-order valence-corrected chi connectivity index (χ0v) is 17.8. The zero-order chi connectivity index (χ0) is 22.1. The van der Waals surface area contributed by atoms with Crippen molar-refractivity contribution < 1.29 is 13.9 Å². The number of rotatable bonds is 5. The molecule has 1 unspecified atom stereocenters. The van der Waals surface area contributed by atoms with Crippen LogP contribution in [0.15, 0.2) is 24.8 Å². The Hall–Kier alpha value is -3.24. The first-order valence-corrected chi connectivity index (χ1v) is 10.8. The van der Waals surface area contributed by atoms with Gasteiger partial charge in [0.05, 0.1) is 53.2 Å². The third-order valence-electron chi connectivity index (χ3n) is 5.23. The van der Waals surface area contributed by atoms with Crippen LogP contribution in [0.1, 0.15) is 25.7 Å². The highest BCUT2D eigenvalue weighted by molar-refractivity contribution is 6.35. The number of benzene rings is 1. The van der Waals surface area contributed by atoms with Gasteiger partial charge in [-0.1, -0.05) is 30.9 Å². The summed E-state index contributed by atoms with van der Waals surface area (Å²) in [6, 6.07) is 0.00193. The Labute approximate surface area is 187 Å². The molecule has 11 heteroatoms. The second kappa shape index (κ2) is 8.71. The second-order valence-electron chi connectivity index (χ2n) is 7.73. The van der Waals surface area contributed by atoms with Crippen LogP contribution in [-0.2, 0) is 9.53 Å². The minimum atomic E-state index is -0.582. The predicted molar refractivity (Wildman–Crippen MR) is 119 cm³/mol. The van der Waals surface area contributed by atoms with Gasteiger partial charge < -0.3 is 19.8 Å². The quantitative estimate of drug-likeness (QED) is 0.391. The number of H-pyrrole nitrogens is 1. The number of nitrogens with zero attached hydrogens (tertiary/aromatic N) is 4. The number of aromatic amines is 1. The van der Waals surface area contributed by atoms with Gasteiger partial charge in [0.25, 0.3) is 0 Å². The molecule has 32 heavy (non-hydrogen) atoms. The lowest BCUT2D eigenvalue weighted by atomic mass is 10.0. The van der Waals surface area contributed by atoms with Crippen LogP contribution in [0, 0.1) is 5.82 Å². The maximum Gasteiger partial charge on any atom is 0.212 e. The third kappa shape index (κ3) is 3.98. The average molecular weight is 458 g/mol. The maximum absolute atomic E-state index is 15.2. The number of hydrogen-bond donors (Lipinski definition) is 3. The number of halogens is 2. The molecule has 0 bridgehead atoms. The Morgan fingerprint density at radius 1 is 1.28 bits per heavy atom. The highest BCUT2D eigenvalue weighted by Crippen LogP contribution is 2.41. The molecule has 166 valence electrons. The van der Waals surface area contributed by atoms with E-state index >= 15 is 4.39 Å². The molecular weight excluding hydrogens is 437 g/mol. The molecule has 1 aliphatic heterocycles. The van der Waals surface area contributed by atoms with Crippen LogP contribution in [0.5, 0.6) is 0 Å². The van der Waals surface area contributed by atoms with Crippen LogP contribution in [0.3, 0.4) is 0 Å². The summed E-state index contributed by atoms with van der Waals surface area (Å²) in [5.41, 5.74) is 2.16. The van der Waals surface area contributed by atoms with Crippen LogP contribution in [-0.4, -0.2) is 50.2 Å². The zero-order valence-electron chi connectivity index (χ0n) is 17.1. The Bertz CT molecular complexity index is 1280. The first kappa shape index (κ1) is 20.7. The molecule has 1 aliphatic carbocycles. The van der Waals surface area contributed by atoms with Crippen molar-refractivity contribution in [1.82, 2.24) is 24.6 Å². The molecule has 0 radical (unpaired) electrons. The van der Waals surface area contributed by atoms with Gasteiger partial charge in [-0.3, -0.25) is 14.9 Å². The first-order valence-electron chi connectivity index (χ1n) is 10.4. The number of carbonyl (C=O) groups excluding carboxylic acids is 1. The van der Waals surface area contributed by atoms with E-state index in [-0.39, 0.29) is 16.8 Å². The van der Waals surface area contributed by atoms with E-state index in [0.29, 0.717) is 53.2 Å². The molecule has 1 saturated heterocycles. The van der Waals surface area contributed by atoms with Gasteiger partial charge in [-0.2, -0.15) is 5.10 Å². The van der Waals surface area contributed by atoms with E-state index in [2.05, 4.69) is 30.8 Å². The lowest BCUT2D eigenvalue weighted by Crippen LogP contribution is -2.20. The smallest absolute Gasteiger partial charge is 0.212 e. The molecule has 2 fully saturated rings. The van der Waals surface area contributed by atoms with Crippen molar-refractivity contribution in [2.75, 3.05) is 23.8 Å². The van der Waals surface area contributed by atoms with Crippen LogP contribution in [0.2, 0.25) is 5.02 Å². The second-order valence-corrected chi connectivity index (χ2v) is 8.11. The highest BCUT2D eigenvalue weighted by atomic mass is 35.5. The van der Waals surface area contributed by atoms with E-state index in [9.17, 15) is 4.79 Å². The van der Waals surface area contributed by atoms with Gasteiger partial charge in [0.2, 0.25) is 6.41 Å². The topological polar surface area (TPSA) is 109 Å². The first-order chi connectivity index (χ1) is 15.7. The molecule has 1 atom stereocenters. The van der Waals surface area contributed by atoms with Gasteiger partial charge in [0, 0.05) is 23.8 Å². The van der Waals surface area contributed by atoms with Crippen LogP contribution in [0.4, 0.5) is 15.9 Å². The summed E-state index contributed by atoms with van der Waals surface area (Å²) < 4.78 is 22.3. The van der Waals surface area contributed by atoms with Gasteiger partial charge >= 0.3 is 0 Å². The van der Waals surface area contributed by atoms with E-state index in [4.69, 9.17) is 16.3 Å². The van der Waals surface area contributed by atoms with Crippen molar-refractivity contribution in [3.63, 3.8) is 0 Å². The van der Waals surface area contributed by atoms with Crippen molar-refractivity contribution in [3.05, 3.63) is 35.6 Å². The average Bonchev–Trinajstić information content (AvgIpc) is 3.27. The molecule has 3 aromatic heterocycles. The molecule has 4 heterocycles. The van der Waals surface area contributed by atoms with Gasteiger partial charge in [-0.05, 0) is 6.42 Å². The lowest BCUT2D eigenvalue weighted by Gasteiger charge is -2.16. The Morgan fingerprint density at radius 3 is 2.84 bits per heavy atom. The summed E-state index contributed by atoms with van der Waals surface area (Å²) >= 11 is 6.45. The van der Waals surface area contributed by atoms with E-state index in [1.807, 2.05) is 0 Å². The van der Waals surface area contributed by atoms with Gasteiger partial charge in [0.15, 0.2) is 17.3 Å². The summed E-state index contributed by atoms with van der Waals surface area (Å²) in [7, 11) is 0. The van der Waals surface area contributed by atoms with Crippen molar-refractivity contribution in [1.29, 1.82) is 0 Å². The maximum atomic E-state index is 15.2. The largest absolute Gasteiger partial charge is 0.379 e. The van der Waals surface area contributed by atoms with Crippen molar-refractivity contribution >= 4 is 46.1 Å². The van der Waals surface area contributed by atoms with Crippen LogP contribution in [0.25, 0.3) is 27.8 Å². The van der Waals surface area contributed by atoms with Crippen molar-refractivity contribution in [2.45, 2.75) is 31.7 Å². The molecule has 4 aromatic rings. The molecule has 0 spiro atoms. The van der Waals surface area contributed by atoms with Crippen molar-refractivity contribution in [3.8, 4) is 11.3 Å². The Kier molecular flexibility index (Phi) is 5.62. The number of anilines is 2. The predicted octanol–water partition coefficient (Wildman–Crippen LogP) is 4.00. The molecule has 1 amide bonds. The van der Waals surface area contributed by atoms with E-state index < -0.39 is 5.82 Å².